The van der Waals surface area contributed by atoms with Crippen LogP contribution in [0.15, 0.2) is 42.5 Å². The SMILES string of the molecule is COC(=O)c1ccc(-c2ccccc2)c(C)c1Cl. The van der Waals surface area contributed by atoms with Crippen LogP contribution in [0.1, 0.15) is 15.9 Å². The molecule has 0 fully saturated rings. The number of hydrogen-bond acceptors (Lipinski definition) is 2. The molecule has 0 radical (unpaired) electrons. The molecule has 0 unspecified atom stereocenters. The summed E-state index contributed by atoms with van der Waals surface area (Å²) in [4.78, 5) is 11.5. The van der Waals surface area contributed by atoms with Crippen LogP contribution >= 0.6 is 11.6 Å². The number of esters is 1. The number of rotatable bonds is 2. The summed E-state index contributed by atoms with van der Waals surface area (Å²) in [6, 6.07) is 13.5. The van der Waals surface area contributed by atoms with Crippen LogP contribution < -0.4 is 0 Å². The molecule has 0 saturated heterocycles. The smallest absolute Gasteiger partial charge is 0.339 e. The fraction of sp³-hybridized carbons (Fsp3) is 0.133. The lowest BCUT2D eigenvalue weighted by atomic mass is 9.98. The highest BCUT2D eigenvalue weighted by Gasteiger charge is 2.15. The van der Waals surface area contributed by atoms with Crippen LogP contribution in [0.3, 0.4) is 0 Å². The third kappa shape index (κ3) is 2.24. The molecule has 0 heterocycles. The summed E-state index contributed by atoms with van der Waals surface area (Å²) in [5, 5.41) is 0.447. The number of methoxy groups -OCH3 is 1. The minimum Gasteiger partial charge on any atom is -0.465 e. The average molecular weight is 261 g/mol. The zero-order chi connectivity index (χ0) is 13.1. The summed E-state index contributed by atoms with van der Waals surface area (Å²) in [5.41, 5.74) is 3.38. The summed E-state index contributed by atoms with van der Waals surface area (Å²) in [6.07, 6.45) is 0. The second-order valence-electron chi connectivity index (χ2n) is 3.96. The molecule has 2 aromatic rings. The zero-order valence-electron chi connectivity index (χ0n) is 10.2. The molecule has 2 rings (SSSR count). The minimum atomic E-state index is -0.414. The van der Waals surface area contributed by atoms with E-state index in [4.69, 9.17) is 16.3 Å². The quantitative estimate of drug-likeness (QED) is 0.760. The summed E-state index contributed by atoms with van der Waals surface area (Å²) < 4.78 is 4.69. The van der Waals surface area contributed by atoms with E-state index in [0.717, 1.165) is 16.7 Å². The predicted molar refractivity (Wildman–Crippen MR) is 73.0 cm³/mol. The van der Waals surface area contributed by atoms with Gasteiger partial charge in [0.15, 0.2) is 0 Å². The van der Waals surface area contributed by atoms with E-state index in [9.17, 15) is 4.79 Å². The van der Waals surface area contributed by atoms with Crippen molar-refractivity contribution in [2.45, 2.75) is 6.92 Å². The molecule has 0 atom stereocenters. The Balaban J connectivity index is 2.54. The molecular weight excluding hydrogens is 248 g/mol. The first kappa shape index (κ1) is 12.7. The number of hydrogen-bond donors (Lipinski definition) is 0. The van der Waals surface area contributed by atoms with Crippen LogP contribution in [0.4, 0.5) is 0 Å². The summed E-state index contributed by atoms with van der Waals surface area (Å²) in [6.45, 7) is 1.90. The highest BCUT2D eigenvalue weighted by atomic mass is 35.5. The highest BCUT2D eigenvalue weighted by Crippen LogP contribution is 2.31. The van der Waals surface area contributed by atoms with E-state index in [0.29, 0.717) is 10.6 Å². The Hall–Kier alpha value is -1.80. The van der Waals surface area contributed by atoms with Crippen LogP contribution in [0.2, 0.25) is 5.02 Å². The highest BCUT2D eigenvalue weighted by molar-refractivity contribution is 6.34. The predicted octanol–water partition coefficient (Wildman–Crippen LogP) is 4.10. The maximum absolute atomic E-state index is 11.5. The van der Waals surface area contributed by atoms with Gasteiger partial charge in [0.2, 0.25) is 0 Å². The van der Waals surface area contributed by atoms with Gasteiger partial charge in [0.1, 0.15) is 0 Å². The standard InChI is InChI=1S/C15H13ClO2/c1-10-12(11-6-4-3-5-7-11)8-9-13(14(10)16)15(17)18-2/h3-9H,1-2H3. The Morgan fingerprint density at radius 2 is 1.78 bits per heavy atom. The fourth-order valence-electron chi connectivity index (χ4n) is 1.88. The van der Waals surface area contributed by atoms with Crippen LogP contribution in [-0.4, -0.2) is 13.1 Å². The van der Waals surface area contributed by atoms with Crippen LogP contribution in [-0.2, 0) is 4.74 Å². The van der Waals surface area contributed by atoms with E-state index in [2.05, 4.69) is 0 Å². The Morgan fingerprint density at radius 3 is 2.39 bits per heavy atom. The largest absolute Gasteiger partial charge is 0.465 e. The first-order valence-electron chi connectivity index (χ1n) is 5.58. The van der Waals surface area contributed by atoms with Crippen LogP contribution in [0.25, 0.3) is 11.1 Å². The average Bonchev–Trinajstić information content (AvgIpc) is 2.42. The lowest BCUT2D eigenvalue weighted by Crippen LogP contribution is -2.03. The lowest BCUT2D eigenvalue weighted by Gasteiger charge is -2.11. The van der Waals surface area contributed by atoms with Crippen LogP contribution in [0.5, 0.6) is 0 Å². The van der Waals surface area contributed by atoms with Gasteiger partial charge in [-0.3, -0.25) is 0 Å². The van der Waals surface area contributed by atoms with Gasteiger partial charge in [0.25, 0.3) is 0 Å². The second kappa shape index (κ2) is 5.23. The van der Waals surface area contributed by atoms with Crippen LogP contribution in [0, 0.1) is 6.92 Å². The normalized spacial score (nSPS) is 10.2. The first-order chi connectivity index (χ1) is 8.65. The van der Waals surface area contributed by atoms with Gasteiger partial charge in [0.05, 0.1) is 17.7 Å². The molecule has 0 aliphatic carbocycles. The van der Waals surface area contributed by atoms with E-state index < -0.39 is 5.97 Å². The molecule has 0 saturated carbocycles. The van der Waals surface area contributed by atoms with E-state index in [1.807, 2.05) is 43.3 Å². The Morgan fingerprint density at radius 1 is 1.11 bits per heavy atom. The van der Waals surface area contributed by atoms with Gasteiger partial charge in [-0.25, -0.2) is 4.79 Å². The van der Waals surface area contributed by atoms with Crippen molar-refractivity contribution in [3.05, 3.63) is 58.6 Å². The maximum Gasteiger partial charge on any atom is 0.339 e. The molecule has 92 valence electrons. The van der Waals surface area contributed by atoms with Crippen molar-refractivity contribution in [3.8, 4) is 11.1 Å². The Labute approximate surface area is 111 Å². The molecule has 0 aromatic heterocycles. The van der Waals surface area contributed by atoms with Crippen molar-refractivity contribution in [2.75, 3.05) is 7.11 Å². The van der Waals surface area contributed by atoms with E-state index >= 15 is 0 Å². The monoisotopic (exact) mass is 260 g/mol. The molecular formula is C15H13ClO2. The van der Waals surface area contributed by atoms with Gasteiger partial charge in [0, 0.05) is 0 Å². The number of ether oxygens (including phenoxy) is 1. The molecule has 0 aliphatic heterocycles. The third-order valence-corrected chi connectivity index (χ3v) is 3.36. The Kier molecular flexibility index (Phi) is 3.68. The molecule has 2 nitrogen and oxygen atoms in total. The molecule has 0 spiro atoms. The molecule has 0 aliphatic rings. The van der Waals surface area contributed by atoms with Crippen molar-refractivity contribution < 1.29 is 9.53 Å². The molecule has 0 amide bonds. The van der Waals surface area contributed by atoms with Crippen molar-refractivity contribution in [2.24, 2.45) is 0 Å². The number of benzene rings is 2. The maximum atomic E-state index is 11.5. The first-order valence-corrected chi connectivity index (χ1v) is 5.95. The summed E-state index contributed by atoms with van der Waals surface area (Å²) >= 11 is 6.22. The molecule has 18 heavy (non-hydrogen) atoms. The van der Waals surface area contributed by atoms with Gasteiger partial charge in [-0.1, -0.05) is 48.0 Å². The van der Waals surface area contributed by atoms with E-state index in [1.165, 1.54) is 7.11 Å². The Bertz CT molecular complexity index is 577. The second-order valence-corrected chi connectivity index (χ2v) is 4.34. The van der Waals surface area contributed by atoms with Gasteiger partial charge in [-0.2, -0.15) is 0 Å². The van der Waals surface area contributed by atoms with Gasteiger partial charge < -0.3 is 4.74 Å². The van der Waals surface area contributed by atoms with Gasteiger partial charge >= 0.3 is 5.97 Å². The molecule has 2 aromatic carbocycles. The van der Waals surface area contributed by atoms with Crippen molar-refractivity contribution >= 4 is 17.6 Å². The number of carbonyl (C=O) groups excluding carboxylic acids is 1. The van der Waals surface area contributed by atoms with Crippen molar-refractivity contribution in [1.29, 1.82) is 0 Å². The summed E-state index contributed by atoms with van der Waals surface area (Å²) in [5.74, 6) is -0.414. The van der Waals surface area contributed by atoms with E-state index in [-0.39, 0.29) is 0 Å². The molecule has 0 N–H and O–H groups in total. The lowest BCUT2D eigenvalue weighted by molar-refractivity contribution is 0.0601. The molecule has 0 bridgehead atoms. The zero-order valence-corrected chi connectivity index (χ0v) is 11.0. The summed E-state index contributed by atoms with van der Waals surface area (Å²) in [7, 11) is 1.35. The van der Waals surface area contributed by atoms with Gasteiger partial charge in [-0.05, 0) is 29.7 Å². The number of carbonyl (C=O) groups is 1. The fourth-order valence-corrected chi connectivity index (χ4v) is 2.13. The minimum absolute atomic E-state index is 0.399. The van der Waals surface area contributed by atoms with Crippen molar-refractivity contribution in [3.63, 3.8) is 0 Å². The van der Waals surface area contributed by atoms with Gasteiger partial charge in [-0.15, -0.1) is 0 Å². The topological polar surface area (TPSA) is 26.3 Å². The van der Waals surface area contributed by atoms with E-state index in [1.54, 1.807) is 6.07 Å². The number of halogens is 1. The third-order valence-electron chi connectivity index (χ3n) is 2.88. The van der Waals surface area contributed by atoms with Crippen molar-refractivity contribution in [1.82, 2.24) is 0 Å². The molecule has 3 heteroatoms.